The van der Waals surface area contributed by atoms with Crippen molar-refractivity contribution in [3.05, 3.63) is 24.0 Å². The number of nitrogens with zero attached hydrogens (tertiary/aromatic N) is 2. The van der Waals surface area contributed by atoms with Crippen molar-refractivity contribution in [1.82, 2.24) is 10.3 Å². The Morgan fingerprint density at radius 2 is 2.56 bits per heavy atom. The number of hydrogen-bond acceptors (Lipinski definition) is 4. The molecule has 0 bridgehead atoms. The maximum atomic E-state index is 8.90. The summed E-state index contributed by atoms with van der Waals surface area (Å²) in [5, 5.41) is 15.6. The maximum absolute atomic E-state index is 8.90. The summed E-state index contributed by atoms with van der Waals surface area (Å²) < 4.78 is 0. The van der Waals surface area contributed by atoms with Gasteiger partial charge in [-0.3, -0.25) is 4.98 Å². The van der Waals surface area contributed by atoms with Gasteiger partial charge in [0.25, 0.3) is 0 Å². The van der Waals surface area contributed by atoms with E-state index in [4.69, 9.17) is 5.26 Å². The highest BCUT2D eigenvalue weighted by atomic mass is 15.0. The molecule has 0 aromatic carbocycles. The Labute approximate surface area is 95.7 Å². The van der Waals surface area contributed by atoms with Gasteiger partial charge in [-0.05, 0) is 31.9 Å². The molecule has 1 aromatic heterocycles. The van der Waals surface area contributed by atoms with Crippen LogP contribution in [0.2, 0.25) is 0 Å². The molecule has 84 valence electrons. The maximum Gasteiger partial charge on any atom is 0.101 e. The first-order valence-corrected chi connectivity index (χ1v) is 5.71. The topological polar surface area (TPSA) is 60.7 Å². The first-order valence-electron chi connectivity index (χ1n) is 5.71. The molecule has 1 saturated heterocycles. The van der Waals surface area contributed by atoms with Crippen molar-refractivity contribution >= 4 is 5.69 Å². The molecule has 16 heavy (non-hydrogen) atoms. The summed E-state index contributed by atoms with van der Waals surface area (Å²) >= 11 is 0. The molecule has 1 aliphatic heterocycles. The molecular formula is C12H16N4. The van der Waals surface area contributed by atoms with Crippen molar-refractivity contribution < 1.29 is 0 Å². The number of hydrogen-bond donors (Lipinski definition) is 2. The molecule has 0 radical (unpaired) electrons. The molecule has 1 aliphatic rings. The van der Waals surface area contributed by atoms with Gasteiger partial charge in [0.05, 0.1) is 17.4 Å². The van der Waals surface area contributed by atoms with Crippen LogP contribution in [0, 0.1) is 11.3 Å². The second kappa shape index (κ2) is 5.47. The zero-order valence-electron chi connectivity index (χ0n) is 9.24. The molecule has 4 nitrogen and oxygen atoms in total. The van der Waals surface area contributed by atoms with E-state index in [2.05, 4.69) is 21.7 Å². The van der Waals surface area contributed by atoms with Gasteiger partial charge in [-0.2, -0.15) is 5.26 Å². The third-order valence-electron chi connectivity index (χ3n) is 2.91. The Kier molecular flexibility index (Phi) is 3.73. The lowest BCUT2D eigenvalue weighted by Gasteiger charge is -2.11. The molecule has 0 aliphatic carbocycles. The fraction of sp³-hybridized carbons (Fsp3) is 0.500. The van der Waals surface area contributed by atoms with E-state index in [0.29, 0.717) is 11.6 Å². The predicted octanol–water partition coefficient (Wildman–Crippen LogP) is 1.51. The van der Waals surface area contributed by atoms with Gasteiger partial charge in [-0.25, -0.2) is 0 Å². The number of pyridine rings is 1. The van der Waals surface area contributed by atoms with Crippen LogP contribution < -0.4 is 10.6 Å². The van der Waals surface area contributed by atoms with Crippen LogP contribution in [0.4, 0.5) is 5.69 Å². The molecule has 1 unspecified atom stereocenters. The number of nitriles is 1. The Morgan fingerprint density at radius 1 is 1.62 bits per heavy atom. The third-order valence-corrected chi connectivity index (χ3v) is 2.91. The highest BCUT2D eigenvalue weighted by molar-refractivity contribution is 5.55. The number of aromatic nitrogens is 1. The first-order chi connectivity index (χ1) is 7.90. The van der Waals surface area contributed by atoms with E-state index in [1.54, 1.807) is 18.5 Å². The third kappa shape index (κ3) is 2.71. The highest BCUT2D eigenvalue weighted by Gasteiger charge is 2.13. The lowest BCUT2D eigenvalue weighted by atomic mass is 10.1. The molecule has 2 rings (SSSR count). The van der Waals surface area contributed by atoms with Crippen molar-refractivity contribution in [2.75, 3.05) is 18.4 Å². The monoisotopic (exact) mass is 216 g/mol. The van der Waals surface area contributed by atoms with Crippen LogP contribution in [0.15, 0.2) is 18.5 Å². The zero-order chi connectivity index (χ0) is 11.2. The normalized spacial score (nSPS) is 19.3. The fourth-order valence-corrected chi connectivity index (χ4v) is 2.02. The average molecular weight is 216 g/mol. The quantitative estimate of drug-likeness (QED) is 0.801. The first kappa shape index (κ1) is 10.9. The van der Waals surface area contributed by atoms with E-state index in [1.165, 1.54) is 12.8 Å². The molecule has 1 aromatic rings. The standard InChI is InChI=1S/C12H16N4/c13-8-10-3-6-14-9-12(10)16-7-4-11-2-1-5-15-11/h3,6,9,11,15-16H,1-2,4-5,7H2. The van der Waals surface area contributed by atoms with E-state index in [0.717, 1.165) is 25.2 Å². The minimum absolute atomic E-state index is 0.634. The van der Waals surface area contributed by atoms with Crippen LogP contribution in [0.1, 0.15) is 24.8 Å². The van der Waals surface area contributed by atoms with Gasteiger partial charge in [0, 0.05) is 18.8 Å². The molecule has 0 spiro atoms. The summed E-state index contributed by atoms with van der Waals surface area (Å²) in [6.45, 7) is 2.03. The molecule has 1 atom stereocenters. The Hall–Kier alpha value is -1.60. The number of anilines is 1. The van der Waals surface area contributed by atoms with E-state index in [1.807, 2.05) is 0 Å². The van der Waals surface area contributed by atoms with Gasteiger partial charge in [-0.1, -0.05) is 0 Å². The molecular weight excluding hydrogens is 200 g/mol. The van der Waals surface area contributed by atoms with Crippen LogP contribution in [0.25, 0.3) is 0 Å². The SMILES string of the molecule is N#Cc1ccncc1NCCC1CCCN1. The fourth-order valence-electron chi connectivity index (χ4n) is 2.02. The lowest BCUT2D eigenvalue weighted by Crippen LogP contribution is -2.24. The molecule has 2 heterocycles. The summed E-state index contributed by atoms with van der Waals surface area (Å²) in [5.41, 5.74) is 1.50. The second-order valence-electron chi connectivity index (χ2n) is 4.04. The highest BCUT2D eigenvalue weighted by Crippen LogP contribution is 2.13. The van der Waals surface area contributed by atoms with E-state index >= 15 is 0 Å². The van der Waals surface area contributed by atoms with Gasteiger partial charge in [0.1, 0.15) is 6.07 Å². The van der Waals surface area contributed by atoms with Crippen molar-refractivity contribution in [3.8, 4) is 6.07 Å². The Bertz CT molecular complexity index is 377. The smallest absolute Gasteiger partial charge is 0.101 e. The van der Waals surface area contributed by atoms with Crippen LogP contribution in [-0.4, -0.2) is 24.1 Å². The van der Waals surface area contributed by atoms with Crippen molar-refractivity contribution in [3.63, 3.8) is 0 Å². The van der Waals surface area contributed by atoms with E-state index < -0.39 is 0 Å². The Balaban J connectivity index is 1.82. The van der Waals surface area contributed by atoms with Crippen LogP contribution in [0.3, 0.4) is 0 Å². The van der Waals surface area contributed by atoms with Crippen molar-refractivity contribution in [1.29, 1.82) is 5.26 Å². The van der Waals surface area contributed by atoms with Gasteiger partial charge in [-0.15, -0.1) is 0 Å². The van der Waals surface area contributed by atoms with Crippen molar-refractivity contribution in [2.24, 2.45) is 0 Å². The minimum Gasteiger partial charge on any atom is -0.383 e. The number of nitrogens with one attached hydrogen (secondary N) is 2. The lowest BCUT2D eigenvalue weighted by molar-refractivity contribution is 0.574. The van der Waals surface area contributed by atoms with Gasteiger partial charge in [0.2, 0.25) is 0 Å². The molecule has 0 saturated carbocycles. The average Bonchev–Trinajstić information content (AvgIpc) is 2.83. The van der Waals surface area contributed by atoms with E-state index in [-0.39, 0.29) is 0 Å². The predicted molar refractivity (Wildman–Crippen MR) is 63.1 cm³/mol. The zero-order valence-corrected chi connectivity index (χ0v) is 9.24. The largest absolute Gasteiger partial charge is 0.383 e. The molecule has 1 fully saturated rings. The number of rotatable bonds is 4. The summed E-state index contributed by atoms with van der Waals surface area (Å²) in [5.74, 6) is 0. The summed E-state index contributed by atoms with van der Waals surface area (Å²) in [6.07, 6.45) is 6.99. The summed E-state index contributed by atoms with van der Waals surface area (Å²) in [7, 11) is 0. The minimum atomic E-state index is 0.634. The van der Waals surface area contributed by atoms with E-state index in [9.17, 15) is 0 Å². The van der Waals surface area contributed by atoms with Crippen LogP contribution >= 0.6 is 0 Å². The molecule has 0 amide bonds. The summed E-state index contributed by atoms with van der Waals surface area (Å²) in [4.78, 5) is 4.01. The van der Waals surface area contributed by atoms with Crippen LogP contribution in [0.5, 0.6) is 0 Å². The van der Waals surface area contributed by atoms with Gasteiger partial charge in [0.15, 0.2) is 0 Å². The Morgan fingerprint density at radius 3 is 3.31 bits per heavy atom. The summed E-state index contributed by atoms with van der Waals surface area (Å²) in [6, 6.07) is 4.52. The van der Waals surface area contributed by atoms with Crippen molar-refractivity contribution in [2.45, 2.75) is 25.3 Å². The molecule has 2 N–H and O–H groups in total. The van der Waals surface area contributed by atoms with Gasteiger partial charge >= 0.3 is 0 Å². The van der Waals surface area contributed by atoms with Crippen LogP contribution in [-0.2, 0) is 0 Å². The van der Waals surface area contributed by atoms with Gasteiger partial charge < -0.3 is 10.6 Å². The second-order valence-corrected chi connectivity index (χ2v) is 4.04. The molecule has 4 heteroatoms.